The van der Waals surface area contributed by atoms with Crippen LogP contribution in [0.1, 0.15) is 11.6 Å². The van der Waals surface area contributed by atoms with Crippen LogP contribution >= 0.6 is 11.3 Å². The Kier molecular flexibility index (Phi) is 6.63. The summed E-state index contributed by atoms with van der Waals surface area (Å²) in [6.45, 7) is -0.558. The van der Waals surface area contributed by atoms with Crippen molar-refractivity contribution in [2.45, 2.75) is 10.3 Å². The van der Waals surface area contributed by atoms with Gasteiger partial charge in [0.05, 0.1) is 6.54 Å². The van der Waals surface area contributed by atoms with Gasteiger partial charge in [0.15, 0.2) is 11.6 Å². The molecule has 27 heavy (non-hydrogen) atoms. The van der Waals surface area contributed by atoms with Gasteiger partial charge in [0.2, 0.25) is 11.8 Å². The number of carbonyl (C=O) groups excluding carboxylic acids is 2. The number of carbonyl (C=O) groups is 2. The van der Waals surface area contributed by atoms with Crippen molar-refractivity contribution >= 4 is 33.2 Å². The van der Waals surface area contributed by atoms with E-state index < -0.39 is 46.1 Å². The van der Waals surface area contributed by atoms with Gasteiger partial charge in [-0.1, -0.05) is 12.1 Å². The Morgan fingerprint density at radius 2 is 1.93 bits per heavy atom. The molecular weight excluding hydrogens is 400 g/mol. The van der Waals surface area contributed by atoms with Crippen molar-refractivity contribution < 1.29 is 26.8 Å². The molecule has 0 spiro atoms. The van der Waals surface area contributed by atoms with Crippen LogP contribution in [0, 0.1) is 11.6 Å². The summed E-state index contributed by atoms with van der Waals surface area (Å²) in [7, 11) is -1.31. The van der Waals surface area contributed by atoms with Crippen molar-refractivity contribution in [2.24, 2.45) is 0 Å². The summed E-state index contributed by atoms with van der Waals surface area (Å²) in [5, 5.41) is 6.23. The lowest BCUT2D eigenvalue weighted by molar-refractivity contribution is -0.128. The van der Waals surface area contributed by atoms with Gasteiger partial charge in [-0.2, -0.15) is 4.31 Å². The fourth-order valence-electron chi connectivity index (χ4n) is 2.19. The fraction of sp³-hybridized carbons (Fsp3) is 0.250. The van der Waals surface area contributed by atoms with Crippen LogP contribution in [-0.4, -0.2) is 45.2 Å². The second-order valence-electron chi connectivity index (χ2n) is 5.48. The maximum absolute atomic E-state index is 13.5. The van der Waals surface area contributed by atoms with Gasteiger partial charge in [-0.25, -0.2) is 17.2 Å². The summed E-state index contributed by atoms with van der Waals surface area (Å²) in [4.78, 5) is 24.3. The SMILES string of the molecule is CNC(=O)[C@H](NC(=O)CN(C)S(=O)(=O)c1cccs1)c1ccc(F)c(F)c1. The molecule has 0 fully saturated rings. The van der Waals surface area contributed by atoms with Crippen LogP contribution in [0.3, 0.4) is 0 Å². The first kappa shape index (κ1) is 20.9. The quantitative estimate of drug-likeness (QED) is 0.709. The number of halogens is 2. The molecule has 0 aliphatic rings. The molecule has 0 saturated heterocycles. The largest absolute Gasteiger partial charge is 0.357 e. The number of rotatable bonds is 7. The standard InChI is InChI=1S/C16H17F2N3O4S2/c1-19-16(23)15(10-5-6-11(17)12(18)8-10)20-13(22)9-21(2)27(24,25)14-4-3-7-26-14/h3-8,15H,9H2,1-2H3,(H,19,23)(H,20,22)/t15-/m1/s1. The van der Waals surface area contributed by atoms with Crippen molar-refractivity contribution in [1.82, 2.24) is 14.9 Å². The number of hydrogen-bond acceptors (Lipinski definition) is 5. The number of hydrogen-bond donors (Lipinski definition) is 2. The number of benzene rings is 1. The van der Waals surface area contributed by atoms with Gasteiger partial charge >= 0.3 is 0 Å². The minimum atomic E-state index is -3.85. The summed E-state index contributed by atoms with van der Waals surface area (Å²) >= 11 is 1.00. The van der Waals surface area contributed by atoms with Crippen LogP contribution in [-0.2, 0) is 19.6 Å². The topological polar surface area (TPSA) is 95.6 Å². The molecule has 1 aromatic carbocycles. The predicted molar refractivity (Wildman–Crippen MR) is 95.4 cm³/mol. The highest BCUT2D eigenvalue weighted by Gasteiger charge is 2.27. The Morgan fingerprint density at radius 3 is 2.48 bits per heavy atom. The van der Waals surface area contributed by atoms with Crippen molar-refractivity contribution in [3.63, 3.8) is 0 Å². The van der Waals surface area contributed by atoms with Gasteiger partial charge in [-0.15, -0.1) is 11.3 Å². The van der Waals surface area contributed by atoms with Crippen molar-refractivity contribution in [1.29, 1.82) is 0 Å². The average Bonchev–Trinajstić information content (AvgIpc) is 3.17. The Morgan fingerprint density at radius 1 is 1.22 bits per heavy atom. The third kappa shape index (κ3) is 4.87. The highest BCUT2D eigenvalue weighted by molar-refractivity contribution is 7.91. The van der Waals surface area contributed by atoms with Crippen molar-refractivity contribution in [2.75, 3.05) is 20.6 Å². The second kappa shape index (κ2) is 8.55. The Balaban J connectivity index is 2.16. The van der Waals surface area contributed by atoms with Crippen molar-refractivity contribution in [3.05, 3.63) is 52.9 Å². The molecule has 0 radical (unpaired) electrons. The van der Waals surface area contributed by atoms with Crippen LogP contribution in [0.15, 0.2) is 39.9 Å². The molecule has 2 rings (SSSR count). The lowest BCUT2D eigenvalue weighted by Crippen LogP contribution is -2.44. The molecule has 2 N–H and O–H groups in total. The highest BCUT2D eigenvalue weighted by atomic mass is 32.2. The zero-order valence-corrected chi connectivity index (χ0v) is 16.0. The molecule has 1 aromatic heterocycles. The van der Waals surface area contributed by atoms with E-state index in [0.717, 1.165) is 33.8 Å². The first-order chi connectivity index (χ1) is 12.7. The lowest BCUT2D eigenvalue weighted by atomic mass is 10.1. The van der Waals surface area contributed by atoms with Gasteiger partial charge < -0.3 is 10.6 Å². The molecule has 0 saturated carbocycles. The number of amides is 2. The number of thiophene rings is 1. The fourth-order valence-corrected chi connectivity index (χ4v) is 4.52. The van der Waals surface area contributed by atoms with Crippen LogP contribution < -0.4 is 10.6 Å². The van der Waals surface area contributed by atoms with E-state index in [1.165, 1.54) is 20.2 Å². The summed E-state index contributed by atoms with van der Waals surface area (Å²) in [6, 6.07) is 4.45. The molecule has 2 amide bonds. The van der Waals surface area contributed by atoms with Crippen LogP contribution in [0.2, 0.25) is 0 Å². The van der Waals surface area contributed by atoms with Gasteiger partial charge in [-0.05, 0) is 29.1 Å². The lowest BCUT2D eigenvalue weighted by Gasteiger charge is -2.20. The number of likely N-dealkylation sites (N-methyl/N-ethyl adjacent to an activating group) is 2. The van der Waals surface area contributed by atoms with E-state index in [2.05, 4.69) is 10.6 Å². The number of nitrogens with zero attached hydrogens (tertiary/aromatic N) is 1. The number of sulfonamides is 1. The molecule has 2 aromatic rings. The number of nitrogens with one attached hydrogen (secondary N) is 2. The van der Waals surface area contributed by atoms with Crippen LogP contribution in [0.4, 0.5) is 8.78 Å². The maximum Gasteiger partial charge on any atom is 0.252 e. The second-order valence-corrected chi connectivity index (χ2v) is 8.70. The minimum absolute atomic E-state index is 0.0189. The Bertz CT molecular complexity index is 933. The van der Waals surface area contributed by atoms with Crippen molar-refractivity contribution in [3.8, 4) is 0 Å². The van der Waals surface area contributed by atoms with E-state index in [-0.39, 0.29) is 9.77 Å². The molecule has 1 heterocycles. The first-order valence-corrected chi connectivity index (χ1v) is 9.94. The average molecular weight is 417 g/mol. The zero-order chi connectivity index (χ0) is 20.2. The third-order valence-corrected chi connectivity index (χ3v) is 6.79. The van der Waals surface area contributed by atoms with E-state index in [9.17, 15) is 26.8 Å². The smallest absolute Gasteiger partial charge is 0.252 e. The molecule has 146 valence electrons. The minimum Gasteiger partial charge on any atom is -0.357 e. The van der Waals surface area contributed by atoms with E-state index in [1.807, 2.05) is 0 Å². The Labute approximate surface area is 159 Å². The molecule has 0 unspecified atom stereocenters. The van der Waals surface area contributed by atoms with Crippen LogP contribution in [0.5, 0.6) is 0 Å². The molecule has 0 bridgehead atoms. The summed E-state index contributed by atoms with van der Waals surface area (Å²) in [6.07, 6.45) is 0. The monoisotopic (exact) mass is 417 g/mol. The van der Waals surface area contributed by atoms with Crippen LogP contribution in [0.25, 0.3) is 0 Å². The van der Waals surface area contributed by atoms with Gasteiger partial charge in [0.25, 0.3) is 10.0 Å². The van der Waals surface area contributed by atoms with E-state index >= 15 is 0 Å². The van der Waals surface area contributed by atoms with Gasteiger partial charge in [0, 0.05) is 14.1 Å². The van der Waals surface area contributed by atoms with E-state index in [1.54, 1.807) is 11.4 Å². The molecular formula is C16H17F2N3O4S2. The van der Waals surface area contributed by atoms with E-state index in [0.29, 0.717) is 0 Å². The normalized spacial score (nSPS) is 12.6. The van der Waals surface area contributed by atoms with E-state index in [4.69, 9.17) is 0 Å². The zero-order valence-electron chi connectivity index (χ0n) is 14.4. The summed E-state index contributed by atoms with van der Waals surface area (Å²) in [5.41, 5.74) is 0.0189. The summed E-state index contributed by atoms with van der Waals surface area (Å²) < 4.78 is 52.2. The maximum atomic E-state index is 13.5. The molecule has 0 aliphatic heterocycles. The Hall–Kier alpha value is -2.37. The van der Waals surface area contributed by atoms with Gasteiger partial charge in [-0.3, -0.25) is 9.59 Å². The molecule has 11 heteroatoms. The predicted octanol–water partition coefficient (Wildman–Crippen LogP) is 1.25. The van der Waals surface area contributed by atoms with Gasteiger partial charge in [0.1, 0.15) is 10.3 Å². The molecule has 0 aliphatic carbocycles. The first-order valence-electron chi connectivity index (χ1n) is 7.62. The molecule has 1 atom stereocenters. The third-order valence-electron chi connectivity index (χ3n) is 3.62. The highest BCUT2D eigenvalue weighted by Crippen LogP contribution is 2.20. The summed E-state index contributed by atoms with van der Waals surface area (Å²) in [5.74, 6) is -3.72. The molecule has 7 nitrogen and oxygen atoms in total.